The molecule has 1 rings (SSSR count). The number of hydrogen-bond donors (Lipinski definition) is 1. The number of carbonyl (C=O) groups is 2. The lowest BCUT2D eigenvalue weighted by molar-refractivity contribution is -0.154. The Labute approximate surface area is 112 Å². The normalized spacial score (nSPS) is 11.0. The van der Waals surface area contributed by atoms with Crippen molar-refractivity contribution >= 4 is 17.6 Å². The van der Waals surface area contributed by atoms with E-state index in [0.717, 1.165) is 12.0 Å². The van der Waals surface area contributed by atoms with Crippen LogP contribution in [0, 0.1) is 0 Å². The summed E-state index contributed by atoms with van der Waals surface area (Å²) >= 11 is 0. The van der Waals surface area contributed by atoms with Gasteiger partial charge in [0, 0.05) is 0 Å². The minimum absolute atomic E-state index is 0.160. The van der Waals surface area contributed by atoms with Crippen LogP contribution in [0.3, 0.4) is 0 Å². The van der Waals surface area contributed by atoms with Gasteiger partial charge in [-0.2, -0.15) is 5.10 Å². The van der Waals surface area contributed by atoms with E-state index in [2.05, 4.69) is 22.2 Å². The molecule has 0 saturated carbocycles. The van der Waals surface area contributed by atoms with E-state index in [4.69, 9.17) is 0 Å². The molecule has 0 saturated heterocycles. The van der Waals surface area contributed by atoms with Crippen LogP contribution in [0.15, 0.2) is 29.4 Å². The summed E-state index contributed by atoms with van der Waals surface area (Å²) in [6.07, 6.45) is 0.968. The molecule has 0 aliphatic rings. The summed E-state index contributed by atoms with van der Waals surface area (Å²) in [5, 5.41) is 3.87. The molecule has 0 spiro atoms. The zero-order chi connectivity index (χ0) is 14.3. The fourth-order valence-electron chi connectivity index (χ4n) is 1.42. The van der Waals surface area contributed by atoms with Gasteiger partial charge in [0.2, 0.25) is 0 Å². The van der Waals surface area contributed by atoms with Gasteiger partial charge in [0.05, 0.1) is 12.3 Å². The number of rotatable bonds is 4. The highest BCUT2D eigenvalue weighted by Gasteiger charge is 2.13. The van der Waals surface area contributed by atoms with Gasteiger partial charge in [-0.1, -0.05) is 31.2 Å². The Kier molecular flexibility index (Phi) is 5.73. The quantitative estimate of drug-likeness (QED) is 0.388. The number of hydrogen-bond acceptors (Lipinski definition) is 4. The van der Waals surface area contributed by atoms with E-state index in [-0.39, 0.29) is 6.61 Å². The Morgan fingerprint density at radius 1 is 1.21 bits per heavy atom. The lowest BCUT2D eigenvalue weighted by Gasteiger charge is -2.03. The number of nitrogens with zero attached hydrogens (tertiary/aromatic N) is 1. The Morgan fingerprint density at radius 2 is 1.84 bits per heavy atom. The number of hydrazone groups is 1. The second-order valence-electron chi connectivity index (χ2n) is 3.91. The third-order valence-corrected chi connectivity index (χ3v) is 2.57. The van der Waals surface area contributed by atoms with Gasteiger partial charge in [0.15, 0.2) is 0 Å². The number of esters is 1. The van der Waals surface area contributed by atoms with Gasteiger partial charge in [-0.25, -0.2) is 10.2 Å². The molecule has 0 aliphatic carbocycles. The molecule has 0 atom stereocenters. The van der Waals surface area contributed by atoms with Crippen molar-refractivity contribution in [2.45, 2.75) is 27.2 Å². The minimum Gasteiger partial charge on any atom is -0.459 e. The number of amides is 1. The zero-order valence-corrected chi connectivity index (χ0v) is 11.4. The summed E-state index contributed by atoms with van der Waals surface area (Å²) < 4.78 is 4.55. The standard InChI is InChI=1S/C14H18N2O3/c1-4-11-6-8-12(9-7-11)10(3)15-16-13(17)14(18)19-5-2/h6-9H,4-5H2,1-3H3,(H,16,17). The summed E-state index contributed by atoms with van der Waals surface area (Å²) in [5.41, 5.74) is 4.91. The van der Waals surface area contributed by atoms with E-state index in [1.54, 1.807) is 13.8 Å². The van der Waals surface area contributed by atoms with E-state index in [9.17, 15) is 9.59 Å². The van der Waals surface area contributed by atoms with Crippen LogP contribution < -0.4 is 5.43 Å². The van der Waals surface area contributed by atoms with Crippen molar-refractivity contribution in [1.29, 1.82) is 0 Å². The molecule has 19 heavy (non-hydrogen) atoms. The van der Waals surface area contributed by atoms with Crippen molar-refractivity contribution in [2.24, 2.45) is 5.10 Å². The number of ether oxygens (including phenoxy) is 1. The molecule has 0 radical (unpaired) electrons. The van der Waals surface area contributed by atoms with Crippen LogP contribution in [0.2, 0.25) is 0 Å². The maximum atomic E-state index is 11.3. The SMILES string of the molecule is CCOC(=O)C(=O)NN=C(C)c1ccc(CC)cc1. The molecular weight excluding hydrogens is 244 g/mol. The highest BCUT2D eigenvalue weighted by atomic mass is 16.5. The predicted molar refractivity (Wildman–Crippen MR) is 72.8 cm³/mol. The Bertz CT molecular complexity index is 478. The van der Waals surface area contributed by atoms with Crippen molar-refractivity contribution in [1.82, 2.24) is 5.43 Å². The average molecular weight is 262 g/mol. The molecule has 0 aliphatic heterocycles. The van der Waals surface area contributed by atoms with E-state index in [1.807, 2.05) is 24.3 Å². The maximum Gasteiger partial charge on any atom is 0.398 e. The Morgan fingerprint density at radius 3 is 2.37 bits per heavy atom. The third-order valence-electron chi connectivity index (χ3n) is 2.57. The van der Waals surface area contributed by atoms with Gasteiger partial charge in [0.1, 0.15) is 0 Å². The molecule has 5 nitrogen and oxygen atoms in total. The molecule has 0 aromatic heterocycles. The highest BCUT2D eigenvalue weighted by Crippen LogP contribution is 2.06. The van der Waals surface area contributed by atoms with E-state index >= 15 is 0 Å². The zero-order valence-electron chi connectivity index (χ0n) is 11.4. The van der Waals surface area contributed by atoms with Gasteiger partial charge >= 0.3 is 11.9 Å². The Hall–Kier alpha value is -2.17. The number of nitrogens with one attached hydrogen (secondary N) is 1. The fraction of sp³-hybridized carbons (Fsp3) is 0.357. The highest BCUT2D eigenvalue weighted by molar-refractivity contribution is 6.32. The largest absolute Gasteiger partial charge is 0.459 e. The minimum atomic E-state index is -0.930. The van der Waals surface area contributed by atoms with Crippen molar-refractivity contribution in [3.05, 3.63) is 35.4 Å². The van der Waals surface area contributed by atoms with Gasteiger partial charge in [0.25, 0.3) is 0 Å². The first-order valence-corrected chi connectivity index (χ1v) is 6.19. The molecule has 1 N–H and O–H groups in total. The summed E-state index contributed by atoms with van der Waals surface area (Å²) in [6.45, 7) is 5.63. The fourth-order valence-corrected chi connectivity index (χ4v) is 1.42. The molecule has 0 fully saturated rings. The molecule has 1 aromatic carbocycles. The second-order valence-corrected chi connectivity index (χ2v) is 3.91. The lowest BCUT2D eigenvalue weighted by Crippen LogP contribution is -2.29. The van der Waals surface area contributed by atoms with Gasteiger partial charge in [-0.05, 0) is 31.4 Å². The van der Waals surface area contributed by atoms with Gasteiger partial charge < -0.3 is 4.74 Å². The van der Waals surface area contributed by atoms with E-state index in [0.29, 0.717) is 5.71 Å². The first-order valence-electron chi connectivity index (χ1n) is 6.19. The second kappa shape index (κ2) is 7.31. The smallest absolute Gasteiger partial charge is 0.398 e. The molecule has 1 amide bonds. The van der Waals surface area contributed by atoms with Gasteiger partial charge in [-0.15, -0.1) is 0 Å². The molecular formula is C14H18N2O3. The van der Waals surface area contributed by atoms with Crippen LogP contribution >= 0.6 is 0 Å². The maximum absolute atomic E-state index is 11.3. The van der Waals surface area contributed by atoms with Crippen LogP contribution in [-0.4, -0.2) is 24.2 Å². The summed E-state index contributed by atoms with van der Waals surface area (Å²) in [7, 11) is 0. The Balaban J connectivity index is 2.65. The van der Waals surface area contributed by atoms with Crippen LogP contribution in [-0.2, 0) is 20.7 Å². The molecule has 0 heterocycles. The number of aryl methyl sites for hydroxylation is 1. The summed E-state index contributed by atoms with van der Waals surface area (Å²) in [5.74, 6) is -1.80. The van der Waals surface area contributed by atoms with E-state index in [1.165, 1.54) is 5.56 Å². The molecule has 102 valence electrons. The van der Waals surface area contributed by atoms with Crippen LogP contribution in [0.1, 0.15) is 31.9 Å². The molecule has 1 aromatic rings. The monoisotopic (exact) mass is 262 g/mol. The van der Waals surface area contributed by atoms with Crippen LogP contribution in [0.4, 0.5) is 0 Å². The predicted octanol–water partition coefficient (Wildman–Crippen LogP) is 1.65. The molecule has 5 heteroatoms. The first kappa shape index (κ1) is 14.9. The van der Waals surface area contributed by atoms with E-state index < -0.39 is 11.9 Å². The third kappa shape index (κ3) is 4.54. The number of benzene rings is 1. The van der Waals surface area contributed by atoms with Crippen molar-refractivity contribution in [2.75, 3.05) is 6.61 Å². The topological polar surface area (TPSA) is 67.8 Å². The first-order chi connectivity index (χ1) is 9.08. The van der Waals surface area contributed by atoms with Crippen molar-refractivity contribution in [3.8, 4) is 0 Å². The molecule has 0 unspecified atom stereocenters. The van der Waals surface area contributed by atoms with Gasteiger partial charge in [-0.3, -0.25) is 4.79 Å². The van der Waals surface area contributed by atoms with Crippen LogP contribution in [0.25, 0.3) is 0 Å². The molecule has 0 bridgehead atoms. The van der Waals surface area contributed by atoms with Crippen molar-refractivity contribution in [3.63, 3.8) is 0 Å². The summed E-state index contributed by atoms with van der Waals surface area (Å²) in [6, 6.07) is 7.85. The average Bonchev–Trinajstić information content (AvgIpc) is 2.44. The van der Waals surface area contributed by atoms with Crippen molar-refractivity contribution < 1.29 is 14.3 Å². The number of carbonyl (C=O) groups excluding carboxylic acids is 2. The van der Waals surface area contributed by atoms with Crippen LogP contribution in [0.5, 0.6) is 0 Å². The summed E-state index contributed by atoms with van der Waals surface area (Å²) in [4.78, 5) is 22.3. The lowest BCUT2D eigenvalue weighted by atomic mass is 10.1.